The maximum atomic E-state index is 13.2. The van der Waals surface area contributed by atoms with Gasteiger partial charge in [-0.1, -0.05) is 0 Å². The van der Waals surface area contributed by atoms with Crippen molar-refractivity contribution in [3.63, 3.8) is 0 Å². The van der Waals surface area contributed by atoms with E-state index in [1.54, 1.807) is 12.4 Å². The van der Waals surface area contributed by atoms with Crippen molar-refractivity contribution in [3.8, 4) is 11.5 Å². The van der Waals surface area contributed by atoms with Gasteiger partial charge in [-0.25, -0.2) is 4.98 Å². The zero-order chi connectivity index (χ0) is 16.9. The number of halogens is 1. The summed E-state index contributed by atoms with van der Waals surface area (Å²) < 4.78 is 11.5. The van der Waals surface area contributed by atoms with Gasteiger partial charge in [-0.15, -0.1) is 12.4 Å². The van der Waals surface area contributed by atoms with Crippen LogP contribution in [0.4, 0.5) is 0 Å². The zero-order valence-corrected chi connectivity index (χ0v) is 15.1. The molecule has 138 valence electrons. The Bertz CT molecular complexity index is 800. The molecule has 0 radical (unpaired) electrons. The number of hydrogen-bond donors (Lipinski definition) is 1. The number of carbonyl (C=O) groups excluding carboxylic acids is 1. The first-order valence-electron chi connectivity index (χ1n) is 8.73. The highest BCUT2D eigenvalue weighted by atomic mass is 35.5. The Labute approximate surface area is 157 Å². The van der Waals surface area contributed by atoms with E-state index in [1.807, 2.05) is 17.0 Å². The molecule has 7 nitrogen and oxygen atoms in total. The molecule has 2 atom stereocenters. The molecule has 3 aliphatic heterocycles. The van der Waals surface area contributed by atoms with Crippen LogP contribution in [0.15, 0.2) is 28.9 Å². The largest absolute Gasteiger partial charge is 0.441 e. The second kappa shape index (κ2) is 6.64. The average molecular weight is 377 g/mol. The van der Waals surface area contributed by atoms with Crippen LogP contribution in [0.2, 0.25) is 0 Å². The molecule has 0 saturated carbocycles. The van der Waals surface area contributed by atoms with E-state index in [1.165, 1.54) is 0 Å². The first-order chi connectivity index (χ1) is 12.3. The lowest BCUT2D eigenvalue weighted by Gasteiger charge is -2.34. The third kappa shape index (κ3) is 2.62. The Morgan fingerprint density at radius 1 is 1.42 bits per heavy atom. The highest BCUT2D eigenvalue weighted by molar-refractivity contribution is 5.85. The average Bonchev–Trinajstić information content (AvgIpc) is 3.34. The second-order valence-corrected chi connectivity index (χ2v) is 7.11. The molecule has 2 fully saturated rings. The number of nitrogens with one attached hydrogen (secondary N) is 1. The summed E-state index contributed by atoms with van der Waals surface area (Å²) in [7, 11) is 0. The van der Waals surface area contributed by atoms with Crippen molar-refractivity contribution in [2.45, 2.75) is 13.0 Å². The quantitative estimate of drug-likeness (QED) is 0.850. The lowest BCUT2D eigenvalue weighted by atomic mass is 9.79. The van der Waals surface area contributed by atoms with Crippen LogP contribution in [-0.4, -0.2) is 53.6 Å². The van der Waals surface area contributed by atoms with Crippen LogP contribution in [0.1, 0.15) is 11.5 Å². The molecule has 0 aliphatic carbocycles. The first kappa shape index (κ1) is 17.5. The molecule has 5 rings (SSSR count). The van der Waals surface area contributed by atoms with Crippen molar-refractivity contribution in [3.05, 3.63) is 36.0 Å². The molecule has 0 bridgehead atoms. The summed E-state index contributed by atoms with van der Waals surface area (Å²) in [6, 6.07) is 3.79. The maximum absolute atomic E-state index is 13.2. The zero-order valence-electron chi connectivity index (χ0n) is 14.3. The van der Waals surface area contributed by atoms with Crippen LogP contribution in [-0.2, 0) is 22.5 Å². The van der Waals surface area contributed by atoms with Crippen LogP contribution < -0.4 is 5.32 Å². The maximum Gasteiger partial charge on any atom is 0.233 e. The van der Waals surface area contributed by atoms with Crippen LogP contribution in [0.5, 0.6) is 0 Å². The van der Waals surface area contributed by atoms with E-state index in [4.69, 9.17) is 9.15 Å². The molecule has 8 heteroatoms. The summed E-state index contributed by atoms with van der Waals surface area (Å²) in [6.07, 6.45) is 4.16. The number of hydrogen-bond acceptors (Lipinski definition) is 6. The molecule has 2 aromatic heterocycles. The van der Waals surface area contributed by atoms with Crippen molar-refractivity contribution >= 4 is 18.3 Å². The highest BCUT2D eigenvalue weighted by Gasteiger charge is 2.54. The first-order valence-corrected chi connectivity index (χ1v) is 8.73. The number of amides is 1. The topological polar surface area (TPSA) is 80.5 Å². The van der Waals surface area contributed by atoms with E-state index < -0.39 is 5.41 Å². The van der Waals surface area contributed by atoms with E-state index in [-0.39, 0.29) is 24.2 Å². The van der Waals surface area contributed by atoms with E-state index in [0.717, 1.165) is 23.6 Å². The lowest BCUT2D eigenvalue weighted by Crippen LogP contribution is -2.50. The van der Waals surface area contributed by atoms with Crippen molar-refractivity contribution in [2.24, 2.45) is 11.3 Å². The van der Waals surface area contributed by atoms with E-state index >= 15 is 0 Å². The fraction of sp³-hybridized carbons (Fsp3) is 0.500. The minimum atomic E-state index is -0.395. The van der Waals surface area contributed by atoms with Gasteiger partial charge in [-0.3, -0.25) is 9.78 Å². The number of fused-ring (bicyclic) bond motifs is 2. The van der Waals surface area contributed by atoms with Crippen molar-refractivity contribution < 1.29 is 13.9 Å². The molecule has 0 spiro atoms. The van der Waals surface area contributed by atoms with Gasteiger partial charge in [0.05, 0.1) is 30.7 Å². The Hall–Kier alpha value is -1.96. The highest BCUT2D eigenvalue weighted by Crippen LogP contribution is 2.40. The van der Waals surface area contributed by atoms with E-state index in [2.05, 4.69) is 15.3 Å². The predicted octanol–water partition coefficient (Wildman–Crippen LogP) is 1.28. The number of aromatic nitrogens is 2. The Balaban J connectivity index is 0.00000168. The fourth-order valence-electron chi connectivity index (χ4n) is 4.19. The van der Waals surface area contributed by atoms with Gasteiger partial charge in [0.1, 0.15) is 11.5 Å². The molecule has 1 N–H and O–H groups in total. The monoisotopic (exact) mass is 376 g/mol. The molecule has 3 aliphatic rings. The summed E-state index contributed by atoms with van der Waals surface area (Å²) in [5.74, 6) is 1.93. The molecule has 2 aromatic rings. The van der Waals surface area contributed by atoms with Gasteiger partial charge in [-0.05, 0) is 12.1 Å². The molecule has 1 amide bonds. The number of ether oxygens (including phenoxy) is 1. The molecular formula is C18H21ClN4O3. The van der Waals surface area contributed by atoms with Crippen LogP contribution in [0.25, 0.3) is 11.5 Å². The summed E-state index contributed by atoms with van der Waals surface area (Å²) in [4.78, 5) is 23.9. The molecule has 2 saturated heterocycles. The van der Waals surface area contributed by atoms with Crippen LogP contribution in [0.3, 0.4) is 0 Å². The van der Waals surface area contributed by atoms with Gasteiger partial charge in [0, 0.05) is 44.4 Å². The summed E-state index contributed by atoms with van der Waals surface area (Å²) in [6.45, 7) is 3.94. The number of oxazole rings is 1. The summed E-state index contributed by atoms with van der Waals surface area (Å²) in [5, 5.41) is 3.36. The third-order valence-corrected chi connectivity index (χ3v) is 5.64. The minimum absolute atomic E-state index is 0. The molecular weight excluding hydrogens is 356 g/mol. The van der Waals surface area contributed by atoms with Crippen LogP contribution >= 0.6 is 12.4 Å². The predicted molar refractivity (Wildman–Crippen MR) is 95.7 cm³/mol. The SMILES string of the molecule is Cl.O=C(N1CCc2oc(-c3cccnc3)nc2C1)[C@]12CNC[C@H]1COC2. The normalized spacial score (nSPS) is 26.9. The number of rotatable bonds is 2. The Morgan fingerprint density at radius 2 is 2.35 bits per heavy atom. The van der Waals surface area contributed by atoms with Crippen molar-refractivity contribution in [1.29, 1.82) is 0 Å². The smallest absolute Gasteiger partial charge is 0.233 e. The third-order valence-electron chi connectivity index (χ3n) is 5.64. The van der Waals surface area contributed by atoms with Gasteiger partial charge in [0.2, 0.25) is 11.8 Å². The van der Waals surface area contributed by atoms with Gasteiger partial charge in [0.25, 0.3) is 0 Å². The van der Waals surface area contributed by atoms with Crippen molar-refractivity contribution in [1.82, 2.24) is 20.2 Å². The van der Waals surface area contributed by atoms with Crippen LogP contribution in [0, 0.1) is 11.3 Å². The summed E-state index contributed by atoms with van der Waals surface area (Å²) >= 11 is 0. The van der Waals surface area contributed by atoms with E-state index in [0.29, 0.717) is 45.2 Å². The fourth-order valence-corrected chi connectivity index (χ4v) is 4.19. The van der Waals surface area contributed by atoms with Gasteiger partial charge >= 0.3 is 0 Å². The Kier molecular flexibility index (Phi) is 4.46. The molecule has 26 heavy (non-hydrogen) atoms. The Morgan fingerprint density at radius 3 is 3.19 bits per heavy atom. The van der Waals surface area contributed by atoms with Crippen molar-refractivity contribution in [2.75, 3.05) is 32.8 Å². The lowest BCUT2D eigenvalue weighted by molar-refractivity contribution is -0.143. The van der Waals surface area contributed by atoms with Gasteiger partial charge < -0.3 is 19.4 Å². The van der Waals surface area contributed by atoms with Gasteiger partial charge in [0.15, 0.2) is 0 Å². The minimum Gasteiger partial charge on any atom is -0.441 e. The molecule has 0 unspecified atom stereocenters. The second-order valence-electron chi connectivity index (χ2n) is 7.11. The number of carbonyl (C=O) groups is 1. The summed E-state index contributed by atoms with van der Waals surface area (Å²) in [5.41, 5.74) is 1.32. The standard InChI is InChI=1S/C18H20N4O3.ClH/c23-17(18-10-20-7-13(18)9-24-11-18)22-5-3-15-14(8-22)21-16(25-15)12-2-1-4-19-6-12;/h1-2,4,6,13,20H,3,5,7-11H2;1H/t13-,18-;/m0./s1. The number of pyridine rings is 1. The van der Waals surface area contributed by atoms with E-state index in [9.17, 15) is 4.79 Å². The molecule has 5 heterocycles. The number of nitrogens with zero attached hydrogens (tertiary/aromatic N) is 3. The van der Waals surface area contributed by atoms with Gasteiger partial charge in [-0.2, -0.15) is 0 Å². The molecule has 0 aromatic carbocycles.